The van der Waals surface area contributed by atoms with E-state index in [1.807, 2.05) is 49.4 Å². The zero-order valence-electron chi connectivity index (χ0n) is 14.8. The van der Waals surface area contributed by atoms with Gasteiger partial charge < -0.3 is 10.6 Å². The number of nitrogens with two attached hydrogens (primary N) is 1. The standard InChI is InChI=1S/C20H22N4O2/c1-14-5-4-6-15(22-14)11-23-10-9-20(13-23)16-7-2-3-8-17(16)24(19(20)26)12-18(21)25/h2-8H,9-13H2,1H3,(H2,21,25). The van der Waals surface area contributed by atoms with Crippen LogP contribution in [0.1, 0.15) is 23.4 Å². The number of primary amides is 1. The zero-order chi connectivity index (χ0) is 18.3. The topological polar surface area (TPSA) is 79.5 Å². The Balaban J connectivity index is 1.62. The SMILES string of the molecule is Cc1cccc(CN2CCC3(C2)C(=O)N(CC(N)=O)c2ccccc23)n1. The van der Waals surface area contributed by atoms with Crippen molar-refractivity contribution in [3.63, 3.8) is 0 Å². The lowest BCUT2D eigenvalue weighted by Gasteiger charge is -2.24. The molecule has 2 aliphatic heterocycles. The summed E-state index contributed by atoms with van der Waals surface area (Å²) >= 11 is 0. The number of hydrogen-bond acceptors (Lipinski definition) is 4. The number of carbonyl (C=O) groups is 2. The molecule has 2 aliphatic rings. The molecule has 26 heavy (non-hydrogen) atoms. The molecule has 0 saturated carbocycles. The minimum atomic E-state index is -0.587. The Kier molecular flexibility index (Phi) is 4.00. The summed E-state index contributed by atoms with van der Waals surface area (Å²) in [6, 6.07) is 13.7. The van der Waals surface area contributed by atoms with E-state index in [0.29, 0.717) is 13.1 Å². The molecular weight excluding hydrogens is 328 g/mol. The average Bonchev–Trinajstić information content (AvgIpc) is 3.12. The molecule has 1 aromatic carbocycles. The van der Waals surface area contributed by atoms with E-state index >= 15 is 0 Å². The maximum atomic E-state index is 13.2. The molecule has 1 aromatic heterocycles. The van der Waals surface area contributed by atoms with E-state index in [-0.39, 0.29) is 12.5 Å². The van der Waals surface area contributed by atoms with Crippen molar-refractivity contribution in [2.24, 2.45) is 5.73 Å². The number of carbonyl (C=O) groups excluding carboxylic acids is 2. The third kappa shape index (κ3) is 2.66. The van der Waals surface area contributed by atoms with E-state index < -0.39 is 11.3 Å². The number of amides is 2. The van der Waals surface area contributed by atoms with Gasteiger partial charge in [-0.25, -0.2) is 0 Å². The molecule has 1 fully saturated rings. The highest BCUT2D eigenvalue weighted by molar-refractivity contribution is 6.11. The normalized spacial score (nSPS) is 22.2. The quantitative estimate of drug-likeness (QED) is 0.903. The molecule has 134 valence electrons. The van der Waals surface area contributed by atoms with Crippen LogP contribution in [0.5, 0.6) is 0 Å². The summed E-state index contributed by atoms with van der Waals surface area (Å²) in [6.45, 7) is 4.08. The predicted molar refractivity (Wildman–Crippen MR) is 98.5 cm³/mol. The van der Waals surface area contributed by atoms with Crippen molar-refractivity contribution < 1.29 is 9.59 Å². The number of aryl methyl sites for hydroxylation is 1. The second-order valence-corrected chi connectivity index (χ2v) is 7.19. The molecule has 1 atom stereocenters. The number of likely N-dealkylation sites (tertiary alicyclic amines) is 1. The highest BCUT2D eigenvalue weighted by Crippen LogP contribution is 2.47. The number of para-hydroxylation sites is 1. The fraction of sp³-hybridized carbons (Fsp3) is 0.350. The lowest BCUT2D eigenvalue weighted by atomic mass is 9.81. The van der Waals surface area contributed by atoms with Gasteiger partial charge in [-0.15, -0.1) is 0 Å². The molecule has 1 spiro atoms. The van der Waals surface area contributed by atoms with E-state index in [9.17, 15) is 9.59 Å². The van der Waals surface area contributed by atoms with Crippen molar-refractivity contribution >= 4 is 17.5 Å². The molecule has 3 heterocycles. The molecule has 1 saturated heterocycles. The summed E-state index contributed by atoms with van der Waals surface area (Å²) in [4.78, 5) is 33.1. The van der Waals surface area contributed by atoms with Gasteiger partial charge in [0.2, 0.25) is 11.8 Å². The molecule has 2 amide bonds. The number of pyridine rings is 1. The Morgan fingerprint density at radius 3 is 2.81 bits per heavy atom. The Labute approximate surface area is 152 Å². The summed E-state index contributed by atoms with van der Waals surface area (Å²) in [7, 11) is 0. The summed E-state index contributed by atoms with van der Waals surface area (Å²) in [5.74, 6) is -0.513. The van der Waals surface area contributed by atoms with Gasteiger partial charge in [0.1, 0.15) is 6.54 Å². The first-order valence-corrected chi connectivity index (χ1v) is 8.84. The molecule has 0 bridgehead atoms. The van der Waals surface area contributed by atoms with Crippen molar-refractivity contribution in [1.29, 1.82) is 0 Å². The number of rotatable bonds is 4. The number of aromatic nitrogens is 1. The zero-order valence-corrected chi connectivity index (χ0v) is 14.8. The first-order valence-electron chi connectivity index (χ1n) is 8.84. The van der Waals surface area contributed by atoms with Gasteiger partial charge in [0.05, 0.1) is 11.1 Å². The molecule has 2 aromatic rings. The summed E-state index contributed by atoms with van der Waals surface area (Å²) < 4.78 is 0. The van der Waals surface area contributed by atoms with E-state index in [1.54, 1.807) is 4.90 Å². The highest BCUT2D eigenvalue weighted by Gasteiger charge is 2.54. The van der Waals surface area contributed by atoms with Gasteiger partial charge >= 0.3 is 0 Å². The van der Waals surface area contributed by atoms with Crippen LogP contribution in [0.2, 0.25) is 0 Å². The Morgan fingerprint density at radius 2 is 2.04 bits per heavy atom. The maximum Gasteiger partial charge on any atom is 0.239 e. The van der Waals surface area contributed by atoms with Crippen LogP contribution in [-0.2, 0) is 21.5 Å². The van der Waals surface area contributed by atoms with Crippen LogP contribution < -0.4 is 10.6 Å². The van der Waals surface area contributed by atoms with Gasteiger partial charge in [-0.1, -0.05) is 24.3 Å². The Morgan fingerprint density at radius 1 is 1.23 bits per heavy atom. The molecule has 6 nitrogen and oxygen atoms in total. The first kappa shape index (κ1) is 16.7. The molecule has 2 N–H and O–H groups in total. The average molecular weight is 350 g/mol. The summed E-state index contributed by atoms with van der Waals surface area (Å²) in [5.41, 5.74) is 8.60. The van der Waals surface area contributed by atoms with Gasteiger partial charge in [0.25, 0.3) is 0 Å². The predicted octanol–water partition coefficient (Wildman–Crippen LogP) is 1.37. The fourth-order valence-corrected chi connectivity index (χ4v) is 4.24. The lowest BCUT2D eigenvalue weighted by Crippen LogP contribution is -2.45. The second kappa shape index (κ2) is 6.21. The van der Waals surface area contributed by atoms with Crippen molar-refractivity contribution in [2.45, 2.75) is 25.3 Å². The van der Waals surface area contributed by atoms with Crippen molar-refractivity contribution in [3.8, 4) is 0 Å². The van der Waals surface area contributed by atoms with E-state index in [2.05, 4.69) is 9.88 Å². The van der Waals surface area contributed by atoms with Crippen LogP contribution in [0, 0.1) is 6.92 Å². The van der Waals surface area contributed by atoms with Crippen molar-refractivity contribution in [3.05, 3.63) is 59.4 Å². The molecule has 4 rings (SSSR count). The van der Waals surface area contributed by atoms with Crippen LogP contribution in [0.4, 0.5) is 5.69 Å². The van der Waals surface area contributed by atoms with Gasteiger partial charge in [-0.3, -0.25) is 19.5 Å². The van der Waals surface area contributed by atoms with Crippen LogP contribution in [0.3, 0.4) is 0 Å². The molecule has 6 heteroatoms. The van der Waals surface area contributed by atoms with Crippen LogP contribution >= 0.6 is 0 Å². The number of hydrogen-bond donors (Lipinski definition) is 1. The highest BCUT2D eigenvalue weighted by atomic mass is 16.2. The van der Waals surface area contributed by atoms with Gasteiger partial charge in [0.15, 0.2) is 0 Å². The summed E-state index contributed by atoms with van der Waals surface area (Å²) in [6.07, 6.45) is 0.740. The molecule has 0 radical (unpaired) electrons. The summed E-state index contributed by atoms with van der Waals surface area (Å²) in [5, 5.41) is 0. The molecular formula is C20H22N4O2. The van der Waals surface area contributed by atoms with E-state index in [1.165, 1.54) is 0 Å². The fourth-order valence-electron chi connectivity index (χ4n) is 4.24. The number of fused-ring (bicyclic) bond motifs is 2. The van der Waals surface area contributed by atoms with Crippen LogP contribution in [-0.4, -0.2) is 41.3 Å². The van der Waals surface area contributed by atoms with E-state index in [0.717, 1.165) is 35.6 Å². The Hall–Kier alpha value is -2.73. The van der Waals surface area contributed by atoms with Gasteiger partial charge in [0, 0.05) is 31.0 Å². The third-order valence-electron chi connectivity index (χ3n) is 5.36. The van der Waals surface area contributed by atoms with Crippen molar-refractivity contribution in [2.75, 3.05) is 24.5 Å². The molecule has 1 unspecified atom stereocenters. The van der Waals surface area contributed by atoms with Gasteiger partial charge in [-0.2, -0.15) is 0 Å². The number of benzene rings is 1. The maximum absolute atomic E-state index is 13.2. The largest absolute Gasteiger partial charge is 0.368 e. The van der Waals surface area contributed by atoms with Crippen LogP contribution in [0.25, 0.3) is 0 Å². The minimum absolute atomic E-state index is 0.0165. The number of anilines is 1. The van der Waals surface area contributed by atoms with E-state index in [4.69, 9.17) is 5.73 Å². The lowest BCUT2D eigenvalue weighted by molar-refractivity contribution is -0.125. The molecule has 0 aliphatic carbocycles. The minimum Gasteiger partial charge on any atom is -0.368 e. The third-order valence-corrected chi connectivity index (χ3v) is 5.36. The van der Waals surface area contributed by atoms with Crippen molar-refractivity contribution in [1.82, 2.24) is 9.88 Å². The first-order chi connectivity index (χ1) is 12.5. The number of nitrogens with zero attached hydrogens (tertiary/aromatic N) is 3. The smallest absolute Gasteiger partial charge is 0.239 e. The van der Waals surface area contributed by atoms with Crippen LogP contribution in [0.15, 0.2) is 42.5 Å². The Bertz CT molecular complexity index is 882. The second-order valence-electron chi connectivity index (χ2n) is 7.19. The van der Waals surface area contributed by atoms with Gasteiger partial charge in [-0.05, 0) is 37.1 Å². The monoisotopic (exact) mass is 350 g/mol.